The summed E-state index contributed by atoms with van der Waals surface area (Å²) in [4.78, 5) is 12.2. The highest BCUT2D eigenvalue weighted by atomic mass is 32.2. The van der Waals surface area contributed by atoms with Crippen molar-refractivity contribution in [2.75, 3.05) is 18.1 Å². The summed E-state index contributed by atoms with van der Waals surface area (Å²) in [5.74, 6) is 0.984. The highest BCUT2D eigenvalue weighted by molar-refractivity contribution is 7.86. The molecule has 0 heterocycles. The van der Waals surface area contributed by atoms with Crippen LogP contribution in [0.3, 0.4) is 0 Å². The smallest absolute Gasteiger partial charge is 0.311 e. The van der Waals surface area contributed by atoms with Gasteiger partial charge in [-0.15, -0.1) is 0 Å². The van der Waals surface area contributed by atoms with E-state index in [1.807, 2.05) is 45.0 Å². The molecule has 0 fully saturated rings. The summed E-state index contributed by atoms with van der Waals surface area (Å²) in [6, 6.07) is 12.5. The first-order chi connectivity index (χ1) is 15.2. The number of aryl methyl sites for hydroxylation is 1. The maximum atomic E-state index is 12.2. The van der Waals surface area contributed by atoms with Crippen molar-refractivity contribution in [2.24, 2.45) is 0 Å². The molecule has 7 nitrogen and oxygen atoms in total. The number of hydrogen-bond acceptors (Lipinski definition) is 7. The Hall–Kier alpha value is -2.74. The highest BCUT2D eigenvalue weighted by Crippen LogP contribution is 2.36. The van der Waals surface area contributed by atoms with Crippen molar-refractivity contribution in [3.05, 3.63) is 48.0 Å². The number of nitrogens with one attached hydrogen (secondary N) is 1. The lowest BCUT2D eigenvalue weighted by atomic mass is 10.1. The minimum absolute atomic E-state index is 0.0482. The number of esters is 1. The van der Waals surface area contributed by atoms with Crippen molar-refractivity contribution in [2.45, 2.75) is 59.0 Å². The summed E-state index contributed by atoms with van der Waals surface area (Å²) in [5.41, 5.74) is 1.78. The molecular formula is C24H33NO6S. The van der Waals surface area contributed by atoms with Gasteiger partial charge >= 0.3 is 16.1 Å². The molecule has 0 atom stereocenters. The maximum absolute atomic E-state index is 12.2. The fourth-order valence-electron chi connectivity index (χ4n) is 3.00. The normalized spacial score (nSPS) is 11.3. The number of rotatable bonds is 13. The molecule has 2 aromatic carbocycles. The van der Waals surface area contributed by atoms with E-state index in [1.165, 1.54) is 0 Å². The quantitative estimate of drug-likeness (QED) is 0.194. The molecule has 2 rings (SSSR count). The molecule has 0 saturated heterocycles. The molecule has 8 heteroatoms. The van der Waals surface area contributed by atoms with Crippen LogP contribution in [0.25, 0.3) is 0 Å². The summed E-state index contributed by atoms with van der Waals surface area (Å²) >= 11 is 0. The standard InChI is InChI=1S/C24H33NO6S/c1-5-6-12-23(26)30-24-21(10-7-11-22(24)29-18(2)3)25-17-8-9-19-13-15-20(16-14-19)31-32(4,27)28/h7,10-11,13-16,18,25H,5-6,8-9,12,17H2,1-4H3. The second kappa shape index (κ2) is 12.3. The van der Waals surface area contributed by atoms with Crippen LogP contribution in [0.4, 0.5) is 5.69 Å². The first kappa shape index (κ1) is 25.5. The van der Waals surface area contributed by atoms with Gasteiger partial charge in [-0.2, -0.15) is 8.42 Å². The molecule has 0 unspecified atom stereocenters. The topological polar surface area (TPSA) is 90.9 Å². The summed E-state index contributed by atoms with van der Waals surface area (Å²) in [6.45, 7) is 6.54. The molecule has 176 valence electrons. The summed E-state index contributed by atoms with van der Waals surface area (Å²) in [5, 5.41) is 3.34. The molecule has 0 saturated carbocycles. The largest absolute Gasteiger partial charge is 0.487 e. The number of ether oxygens (including phenoxy) is 2. The van der Waals surface area contributed by atoms with Gasteiger partial charge in [0, 0.05) is 13.0 Å². The minimum Gasteiger partial charge on any atom is -0.487 e. The van der Waals surface area contributed by atoms with Gasteiger partial charge < -0.3 is 19.0 Å². The van der Waals surface area contributed by atoms with Gasteiger partial charge in [-0.05, 0) is 62.9 Å². The zero-order valence-electron chi connectivity index (χ0n) is 19.2. The lowest BCUT2D eigenvalue weighted by Crippen LogP contribution is -2.14. The van der Waals surface area contributed by atoms with Crippen LogP contribution in [0.1, 0.15) is 52.0 Å². The van der Waals surface area contributed by atoms with Gasteiger partial charge in [-0.1, -0.05) is 31.5 Å². The average Bonchev–Trinajstić information content (AvgIpc) is 2.71. The van der Waals surface area contributed by atoms with Gasteiger partial charge in [-0.25, -0.2) is 0 Å². The van der Waals surface area contributed by atoms with E-state index in [9.17, 15) is 13.2 Å². The third-order valence-electron chi connectivity index (χ3n) is 4.42. The number of unbranched alkanes of at least 4 members (excludes halogenated alkanes) is 1. The molecule has 0 aliphatic heterocycles. The number of benzene rings is 2. The van der Waals surface area contributed by atoms with E-state index in [0.29, 0.717) is 35.9 Å². The average molecular weight is 464 g/mol. The van der Waals surface area contributed by atoms with Crippen molar-refractivity contribution in [1.29, 1.82) is 0 Å². The summed E-state index contributed by atoms with van der Waals surface area (Å²) in [7, 11) is -3.53. The Kier molecular flexibility index (Phi) is 9.84. The molecule has 0 aliphatic carbocycles. The lowest BCUT2D eigenvalue weighted by Gasteiger charge is -2.18. The van der Waals surface area contributed by atoms with E-state index in [-0.39, 0.29) is 12.1 Å². The van der Waals surface area contributed by atoms with Crippen molar-refractivity contribution in [1.82, 2.24) is 0 Å². The molecule has 0 aliphatic rings. The van der Waals surface area contributed by atoms with Crippen LogP contribution in [0.2, 0.25) is 0 Å². The third kappa shape index (κ3) is 9.18. The van der Waals surface area contributed by atoms with Crippen LogP contribution in [0, 0.1) is 0 Å². The fraction of sp³-hybridized carbons (Fsp3) is 0.458. The highest BCUT2D eigenvalue weighted by Gasteiger charge is 2.16. The number of carbonyl (C=O) groups excluding carboxylic acids is 1. The van der Waals surface area contributed by atoms with Crippen molar-refractivity contribution in [3.63, 3.8) is 0 Å². The minimum atomic E-state index is -3.53. The summed E-state index contributed by atoms with van der Waals surface area (Å²) in [6.07, 6.45) is 4.65. The monoisotopic (exact) mass is 463 g/mol. The van der Waals surface area contributed by atoms with Crippen molar-refractivity contribution < 1.29 is 26.9 Å². The summed E-state index contributed by atoms with van der Waals surface area (Å²) < 4.78 is 38.7. The molecule has 1 N–H and O–H groups in total. The van der Waals surface area contributed by atoms with Gasteiger partial charge in [0.15, 0.2) is 11.5 Å². The molecule has 2 aromatic rings. The van der Waals surface area contributed by atoms with Crippen LogP contribution in [0.15, 0.2) is 42.5 Å². The van der Waals surface area contributed by atoms with E-state index in [2.05, 4.69) is 5.32 Å². The second-order valence-corrected chi connectivity index (χ2v) is 9.41. The molecule has 0 amide bonds. The van der Waals surface area contributed by atoms with E-state index in [4.69, 9.17) is 13.7 Å². The Morgan fingerprint density at radius 3 is 2.41 bits per heavy atom. The van der Waals surface area contributed by atoms with Crippen LogP contribution in [-0.2, 0) is 21.3 Å². The van der Waals surface area contributed by atoms with Gasteiger partial charge in [0.2, 0.25) is 0 Å². The Morgan fingerprint density at radius 1 is 1.06 bits per heavy atom. The van der Waals surface area contributed by atoms with Gasteiger partial charge in [-0.3, -0.25) is 4.79 Å². The zero-order chi connectivity index (χ0) is 23.6. The van der Waals surface area contributed by atoms with E-state index in [1.54, 1.807) is 18.2 Å². The lowest BCUT2D eigenvalue weighted by molar-refractivity contribution is -0.134. The van der Waals surface area contributed by atoms with Crippen molar-refractivity contribution in [3.8, 4) is 17.2 Å². The fourth-order valence-corrected chi connectivity index (χ4v) is 3.46. The Morgan fingerprint density at radius 2 is 1.78 bits per heavy atom. The molecule has 0 spiro atoms. The van der Waals surface area contributed by atoms with Crippen LogP contribution in [0.5, 0.6) is 17.2 Å². The van der Waals surface area contributed by atoms with Gasteiger partial charge in [0.25, 0.3) is 0 Å². The third-order valence-corrected chi connectivity index (χ3v) is 4.92. The van der Waals surface area contributed by atoms with Crippen LogP contribution >= 0.6 is 0 Å². The van der Waals surface area contributed by atoms with Crippen LogP contribution in [-0.4, -0.2) is 33.3 Å². The first-order valence-corrected chi connectivity index (χ1v) is 12.7. The van der Waals surface area contributed by atoms with Crippen LogP contribution < -0.4 is 19.0 Å². The predicted molar refractivity (Wildman–Crippen MR) is 126 cm³/mol. The Balaban J connectivity index is 1.98. The SMILES string of the molecule is CCCCC(=O)Oc1c(NCCCc2ccc(OS(C)(=O)=O)cc2)cccc1OC(C)C. The molecule has 32 heavy (non-hydrogen) atoms. The molecule has 0 radical (unpaired) electrons. The molecule has 0 bridgehead atoms. The Labute approximate surface area is 191 Å². The van der Waals surface area contributed by atoms with Crippen molar-refractivity contribution >= 4 is 21.8 Å². The van der Waals surface area contributed by atoms with E-state index >= 15 is 0 Å². The van der Waals surface area contributed by atoms with E-state index in [0.717, 1.165) is 37.5 Å². The molecule has 0 aromatic heterocycles. The Bertz CT molecular complexity index is 970. The number of hydrogen-bond donors (Lipinski definition) is 1. The number of anilines is 1. The first-order valence-electron chi connectivity index (χ1n) is 10.9. The number of carbonyl (C=O) groups is 1. The molecular weight excluding hydrogens is 430 g/mol. The predicted octanol–water partition coefficient (Wildman–Crippen LogP) is 4.95. The van der Waals surface area contributed by atoms with Gasteiger partial charge in [0.1, 0.15) is 5.75 Å². The van der Waals surface area contributed by atoms with E-state index < -0.39 is 10.1 Å². The second-order valence-electron chi connectivity index (χ2n) is 7.84. The van der Waals surface area contributed by atoms with Gasteiger partial charge in [0.05, 0.1) is 18.0 Å². The number of para-hydroxylation sites is 1. The maximum Gasteiger partial charge on any atom is 0.311 e. The zero-order valence-corrected chi connectivity index (χ0v) is 20.0.